The second kappa shape index (κ2) is 6.53. The monoisotopic (exact) mass is 330 g/mol. The van der Waals surface area contributed by atoms with E-state index in [-0.39, 0.29) is 0 Å². The molecule has 2 aromatic carbocycles. The number of hydrogen-bond acceptors (Lipinski definition) is 2. The molecule has 0 spiro atoms. The van der Waals surface area contributed by atoms with E-state index in [9.17, 15) is 0 Å². The van der Waals surface area contributed by atoms with Crippen molar-refractivity contribution >= 4 is 15.9 Å². The van der Waals surface area contributed by atoms with E-state index in [1.165, 1.54) is 11.1 Å². The zero-order valence-corrected chi connectivity index (χ0v) is 13.0. The van der Waals surface area contributed by atoms with Crippen LogP contribution in [-0.2, 0) is 6.54 Å². The SMILES string of the molecule is Brc1ccc([C@H]2CN(Cc3ccccc3)CCN2)cc1. The molecule has 20 heavy (non-hydrogen) atoms. The van der Waals surface area contributed by atoms with Gasteiger partial charge in [0.25, 0.3) is 0 Å². The second-order valence-electron chi connectivity index (χ2n) is 5.28. The van der Waals surface area contributed by atoms with Gasteiger partial charge in [0.15, 0.2) is 0 Å². The van der Waals surface area contributed by atoms with Gasteiger partial charge in [0, 0.05) is 36.7 Å². The number of nitrogens with one attached hydrogen (secondary N) is 1. The molecule has 2 nitrogen and oxygen atoms in total. The molecule has 0 bridgehead atoms. The molecular weight excluding hydrogens is 312 g/mol. The molecular formula is C17H19BrN2. The molecule has 0 amide bonds. The van der Waals surface area contributed by atoms with Crippen molar-refractivity contribution in [1.29, 1.82) is 0 Å². The van der Waals surface area contributed by atoms with Gasteiger partial charge in [0.1, 0.15) is 0 Å². The molecule has 1 aliphatic heterocycles. The first-order valence-electron chi connectivity index (χ1n) is 7.06. The Morgan fingerprint density at radius 2 is 1.80 bits per heavy atom. The molecule has 1 aliphatic rings. The average molecular weight is 331 g/mol. The Morgan fingerprint density at radius 3 is 2.55 bits per heavy atom. The lowest BCUT2D eigenvalue weighted by Gasteiger charge is -2.34. The highest BCUT2D eigenvalue weighted by molar-refractivity contribution is 9.10. The summed E-state index contributed by atoms with van der Waals surface area (Å²) in [6, 6.07) is 19.8. The van der Waals surface area contributed by atoms with E-state index in [0.29, 0.717) is 6.04 Å². The topological polar surface area (TPSA) is 15.3 Å². The smallest absolute Gasteiger partial charge is 0.0449 e. The highest BCUT2D eigenvalue weighted by atomic mass is 79.9. The molecule has 3 heteroatoms. The normalized spacial score (nSPS) is 19.9. The lowest BCUT2D eigenvalue weighted by Crippen LogP contribution is -2.45. The van der Waals surface area contributed by atoms with E-state index in [1.54, 1.807) is 0 Å². The third-order valence-electron chi connectivity index (χ3n) is 3.78. The molecule has 0 unspecified atom stereocenters. The molecule has 0 aromatic heterocycles. The van der Waals surface area contributed by atoms with Gasteiger partial charge in [-0.3, -0.25) is 4.90 Å². The van der Waals surface area contributed by atoms with Gasteiger partial charge in [0.2, 0.25) is 0 Å². The van der Waals surface area contributed by atoms with Crippen molar-refractivity contribution in [2.24, 2.45) is 0 Å². The summed E-state index contributed by atoms with van der Waals surface area (Å²) in [5, 5.41) is 3.61. The zero-order valence-electron chi connectivity index (χ0n) is 11.4. The van der Waals surface area contributed by atoms with E-state index >= 15 is 0 Å². The van der Waals surface area contributed by atoms with Crippen LogP contribution < -0.4 is 5.32 Å². The minimum absolute atomic E-state index is 0.431. The van der Waals surface area contributed by atoms with Crippen LogP contribution in [-0.4, -0.2) is 24.5 Å². The number of halogens is 1. The van der Waals surface area contributed by atoms with Gasteiger partial charge in [-0.2, -0.15) is 0 Å². The lowest BCUT2D eigenvalue weighted by molar-refractivity contribution is 0.193. The third kappa shape index (κ3) is 3.48. The highest BCUT2D eigenvalue weighted by Crippen LogP contribution is 2.20. The molecule has 1 atom stereocenters. The van der Waals surface area contributed by atoms with Crippen LogP contribution in [0, 0.1) is 0 Å². The van der Waals surface area contributed by atoms with Crippen molar-refractivity contribution < 1.29 is 0 Å². The molecule has 0 saturated carbocycles. The standard InChI is InChI=1S/C17H19BrN2/c18-16-8-6-15(7-9-16)17-13-20(11-10-19-17)12-14-4-2-1-3-5-14/h1-9,17,19H,10-13H2/t17-/m1/s1. The van der Waals surface area contributed by atoms with Crippen LogP contribution in [0.15, 0.2) is 59.1 Å². The molecule has 104 valence electrons. The summed E-state index contributed by atoms with van der Waals surface area (Å²) in [6.07, 6.45) is 0. The van der Waals surface area contributed by atoms with Crippen LogP contribution in [0.3, 0.4) is 0 Å². The molecule has 0 aliphatic carbocycles. The summed E-state index contributed by atoms with van der Waals surface area (Å²) < 4.78 is 1.14. The number of benzene rings is 2. The zero-order chi connectivity index (χ0) is 13.8. The van der Waals surface area contributed by atoms with Gasteiger partial charge in [0.05, 0.1) is 0 Å². The van der Waals surface area contributed by atoms with Crippen LogP contribution >= 0.6 is 15.9 Å². The summed E-state index contributed by atoms with van der Waals surface area (Å²) in [7, 11) is 0. The van der Waals surface area contributed by atoms with Gasteiger partial charge in [-0.25, -0.2) is 0 Å². The van der Waals surface area contributed by atoms with Gasteiger partial charge < -0.3 is 5.32 Å². The van der Waals surface area contributed by atoms with E-state index in [0.717, 1.165) is 30.7 Å². The Kier molecular flexibility index (Phi) is 4.51. The fourth-order valence-electron chi connectivity index (χ4n) is 2.71. The van der Waals surface area contributed by atoms with Gasteiger partial charge in [-0.05, 0) is 23.3 Å². The average Bonchev–Trinajstić information content (AvgIpc) is 2.49. The summed E-state index contributed by atoms with van der Waals surface area (Å²) in [6.45, 7) is 4.27. The van der Waals surface area contributed by atoms with Crippen molar-refractivity contribution in [3.63, 3.8) is 0 Å². The largest absolute Gasteiger partial charge is 0.308 e. The van der Waals surface area contributed by atoms with E-state index in [4.69, 9.17) is 0 Å². The van der Waals surface area contributed by atoms with Crippen LogP contribution in [0.1, 0.15) is 17.2 Å². The van der Waals surface area contributed by atoms with E-state index in [2.05, 4.69) is 80.7 Å². The maximum Gasteiger partial charge on any atom is 0.0449 e. The predicted molar refractivity (Wildman–Crippen MR) is 86.6 cm³/mol. The molecule has 1 fully saturated rings. The fraction of sp³-hybridized carbons (Fsp3) is 0.294. The predicted octanol–water partition coefficient (Wildman–Crippen LogP) is 3.60. The van der Waals surface area contributed by atoms with Crippen molar-refractivity contribution in [2.75, 3.05) is 19.6 Å². The Balaban J connectivity index is 1.66. The number of nitrogens with zero attached hydrogens (tertiary/aromatic N) is 1. The molecule has 1 N–H and O–H groups in total. The molecule has 2 aromatic rings. The fourth-order valence-corrected chi connectivity index (χ4v) is 2.98. The molecule has 0 radical (unpaired) electrons. The van der Waals surface area contributed by atoms with E-state index < -0.39 is 0 Å². The van der Waals surface area contributed by atoms with Crippen LogP contribution in [0.25, 0.3) is 0 Å². The molecule has 1 saturated heterocycles. The summed E-state index contributed by atoms with van der Waals surface area (Å²) >= 11 is 3.49. The minimum atomic E-state index is 0.431. The van der Waals surface area contributed by atoms with Crippen molar-refractivity contribution in [3.8, 4) is 0 Å². The van der Waals surface area contributed by atoms with Crippen molar-refractivity contribution in [2.45, 2.75) is 12.6 Å². The second-order valence-corrected chi connectivity index (χ2v) is 6.19. The number of hydrogen-bond donors (Lipinski definition) is 1. The van der Waals surface area contributed by atoms with Crippen molar-refractivity contribution in [1.82, 2.24) is 10.2 Å². The summed E-state index contributed by atoms with van der Waals surface area (Å²) in [5.41, 5.74) is 2.76. The highest BCUT2D eigenvalue weighted by Gasteiger charge is 2.20. The Hall–Kier alpha value is -1.16. The number of piperazine rings is 1. The summed E-state index contributed by atoms with van der Waals surface area (Å²) in [4.78, 5) is 2.53. The molecule has 1 heterocycles. The first-order chi connectivity index (χ1) is 9.81. The minimum Gasteiger partial charge on any atom is -0.308 e. The Bertz CT molecular complexity index is 539. The summed E-state index contributed by atoms with van der Waals surface area (Å²) in [5.74, 6) is 0. The van der Waals surface area contributed by atoms with Gasteiger partial charge in [-0.1, -0.05) is 58.4 Å². The van der Waals surface area contributed by atoms with Crippen LogP contribution in [0.5, 0.6) is 0 Å². The lowest BCUT2D eigenvalue weighted by atomic mass is 10.0. The van der Waals surface area contributed by atoms with Gasteiger partial charge >= 0.3 is 0 Å². The first-order valence-corrected chi connectivity index (χ1v) is 7.86. The van der Waals surface area contributed by atoms with Crippen LogP contribution in [0.2, 0.25) is 0 Å². The van der Waals surface area contributed by atoms with Crippen LogP contribution in [0.4, 0.5) is 0 Å². The Morgan fingerprint density at radius 1 is 1.05 bits per heavy atom. The number of rotatable bonds is 3. The third-order valence-corrected chi connectivity index (χ3v) is 4.31. The quantitative estimate of drug-likeness (QED) is 0.925. The van der Waals surface area contributed by atoms with Gasteiger partial charge in [-0.15, -0.1) is 0 Å². The maximum absolute atomic E-state index is 3.61. The Labute approximate surface area is 128 Å². The first kappa shape index (κ1) is 13.8. The molecule has 3 rings (SSSR count). The van der Waals surface area contributed by atoms with E-state index in [1.807, 2.05) is 0 Å². The van der Waals surface area contributed by atoms with Crippen molar-refractivity contribution in [3.05, 3.63) is 70.2 Å². The maximum atomic E-state index is 3.61.